The third-order valence-electron chi connectivity index (χ3n) is 6.20. The fourth-order valence-electron chi connectivity index (χ4n) is 4.45. The number of ether oxygens (including phenoxy) is 2. The molecule has 1 aliphatic heterocycles. The molecule has 40 heavy (non-hydrogen) atoms. The molecule has 0 saturated carbocycles. The largest absolute Gasteiger partial charge is 0.493 e. The Morgan fingerprint density at radius 1 is 1.12 bits per heavy atom. The van der Waals surface area contributed by atoms with Gasteiger partial charge in [-0.15, -0.1) is 6.58 Å². The predicted molar refractivity (Wildman–Crippen MR) is 161 cm³/mol. The Bertz CT molecular complexity index is 1420. The first-order valence-corrected chi connectivity index (χ1v) is 13.0. The summed E-state index contributed by atoms with van der Waals surface area (Å²) in [5, 5.41) is 5.94. The highest BCUT2D eigenvalue weighted by atomic mass is 16.5. The SMILES string of the molecule is C=C(C)C.CCC1c2ccccc2C=NN1C(=O)/C=C/c1cc(Cc2c(C)nc(N)nc2N)cc(OC)c1OC. The number of hydrogen-bond donors (Lipinski definition) is 2. The second-order valence-corrected chi connectivity index (χ2v) is 9.65. The maximum absolute atomic E-state index is 13.2. The van der Waals surface area contributed by atoms with Crippen LogP contribution in [0.3, 0.4) is 0 Å². The minimum Gasteiger partial charge on any atom is -0.493 e. The number of benzene rings is 2. The van der Waals surface area contributed by atoms with Crippen LogP contribution in [0.25, 0.3) is 6.08 Å². The number of anilines is 2. The number of hydrazone groups is 1. The average molecular weight is 543 g/mol. The van der Waals surface area contributed by atoms with Crippen molar-refractivity contribution in [3.8, 4) is 11.5 Å². The van der Waals surface area contributed by atoms with Crippen LogP contribution in [0.1, 0.15) is 66.7 Å². The minimum absolute atomic E-state index is 0.136. The molecule has 3 aromatic rings. The van der Waals surface area contributed by atoms with E-state index >= 15 is 0 Å². The van der Waals surface area contributed by atoms with Crippen LogP contribution >= 0.6 is 0 Å². The van der Waals surface area contributed by atoms with Gasteiger partial charge >= 0.3 is 0 Å². The Hall–Kier alpha value is -4.66. The molecule has 1 atom stereocenters. The van der Waals surface area contributed by atoms with Gasteiger partial charge in [-0.2, -0.15) is 10.1 Å². The van der Waals surface area contributed by atoms with Gasteiger partial charge in [-0.3, -0.25) is 4.79 Å². The summed E-state index contributed by atoms with van der Waals surface area (Å²) in [6.45, 7) is 11.4. The summed E-state index contributed by atoms with van der Waals surface area (Å²) in [7, 11) is 3.13. The molecule has 4 N–H and O–H groups in total. The maximum atomic E-state index is 13.2. The summed E-state index contributed by atoms with van der Waals surface area (Å²) >= 11 is 0. The topological polar surface area (TPSA) is 129 Å². The second-order valence-electron chi connectivity index (χ2n) is 9.65. The van der Waals surface area contributed by atoms with Gasteiger partial charge in [0.05, 0.1) is 26.5 Å². The molecule has 0 saturated heterocycles. The predicted octanol–water partition coefficient (Wildman–Crippen LogP) is 5.48. The molecule has 0 aliphatic carbocycles. The molecule has 1 aliphatic rings. The number of nitrogens with two attached hydrogens (primary N) is 2. The highest BCUT2D eigenvalue weighted by molar-refractivity contribution is 5.95. The van der Waals surface area contributed by atoms with E-state index in [0.717, 1.165) is 28.7 Å². The van der Waals surface area contributed by atoms with E-state index in [1.54, 1.807) is 26.5 Å². The number of allylic oxidation sites excluding steroid dienone is 1. The number of aromatic nitrogens is 2. The van der Waals surface area contributed by atoms with Crippen molar-refractivity contribution in [1.29, 1.82) is 0 Å². The van der Waals surface area contributed by atoms with E-state index in [1.165, 1.54) is 16.7 Å². The molecule has 0 bridgehead atoms. The number of nitrogens with zero attached hydrogens (tertiary/aromatic N) is 4. The van der Waals surface area contributed by atoms with Gasteiger partial charge in [-0.1, -0.05) is 36.8 Å². The van der Waals surface area contributed by atoms with Gasteiger partial charge in [0.25, 0.3) is 5.91 Å². The van der Waals surface area contributed by atoms with Crippen LogP contribution in [0.4, 0.5) is 11.8 Å². The van der Waals surface area contributed by atoms with E-state index in [-0.39, 0.29) is 17.9 Å². The molecule has 0 spiro atoms. The quantitative estimate of drug-likeness (QED) is 0.299. The molecule has 2 aromatic carbocycles. The van der Waals surface area contributed by atoms with Crippen LogP contribution in [0, 0.1) is 6.92 Å². The molecule has 9 nitrogen and oxygen atoms in total. The lowest BCUT2D eigenvalue weighted by Crippen LogP contribution is -2.32. The summed E-state index contributed by atoms with van der Waals surface area (Å²) in [5.74, 6) is 1.28. The highest BCUT2D eigenvalue weighted by Crippen LogP contribution is 2.35. The monoisotopic (exact) mass is 542 g/mol. The zero-order valence-electron chi connectivity index (χ0n) is 24.1. The van der Waals surface area contributed by atoms with E-state index in [9.17, 15) is 4.79 Å². The van der Waals surface area contributed by atoms with Gasteiger partial charge < -0.3 is 20.9 Å². The van der Waals surface area contributed by atoms with Crippen molar-refractivity contribution in [2.24, 2.45) is 5.10 Å². The first kappa shape index (κ1) is 29.9. The lowest BCUT2D eigenvalue weighted by Gasteiger charge is -2.30. The Balaban J connectivity index is 0.00000103. The fourth-order valence-corrected chi connectivity index (χ4v) is 4.45. The zero-order chi connectivity index (χ0) is 29.4. The van der Waals surface area contributed by atoms with Gasteiger partial charge in [-0.05, 0) is 62.1 Å². The molecule has 4 rings (SSSR count). The van der Waals surface area contributed by atoms with Crippen molar-refractivity contribution in [1.82, 2.24) is 15.0 Å². The Morgan fingerprint density at radius 3 is 2.45 bits per heavy atom. The molecule has 0 radical (unpaired) electrons. The van der Waals surface area contributed by atoms with Gasteiger partial charge in [0, 0.05) is 29.3 Å². The number of fused-ring (bicyclic) bond motifs is 1. The van der Waals surface area contributed by atoms with E-state index in [4.69, 9.17) is 20.9 Å². The van der Waals surface area contributed by atoms with Gasteiger partial charge in [0.15, 0.2) is 11.5 Å². The average Bonchev–Trinajstić information content (AvgIpc) is 2.92. The smallest absolute Gasteiger partial charge is 0.267 e. The van der Waals surface area contributed by atoms with E-state index in [1.807, 2.05) is 64.1 Å². The first-order valence-electron chi connectivity index (χ1n) is 13.0. The molecule has 1 aromatic heterocycles. The molecular formula is C31H38N6O3. The third-order valence-corrected chi connectivity index (χ3v) is 6.20. The van der Waals surface area contributed by atoms with Crippen molar-refractivity contribution < 1.29 is 14.3 Å². The number of nitrogen functional groups attached to an aromatic ring is 2. The molecule has 210 valence electrons. The minimum atomic E-state index is -0.231. The number of aryl methyl sites for hydroxylation is 1. The van der Waals surface area contributed by atoms with E-state index in [2.05, 4.69) is 21.6 Å². The summed E-state index contributed by atoms with van der Waals surface area (Å²) < 4.78 is 11.2. The number of rotatable bonds is 7. The maximum Gasteiger partial charge on any atom is 0.267 e. The van der Waals surface area contributed by atoms with Gasteiger partial charge in [-0.25, -0.2) is 9.99 Å². The van der Waals surface area contributed by atoms with Crippen LogP contribution in [0.2, 0.25) is 0 Å². The van der Waals surface area contributed by atoms with Crippen LogP contribution < -0.4 is 20.9 Å². The van der Waals surface area contributed by atoms with Crippen molar-refractivity contribution in [3.05, 3.63) is 88.1 Å². The van der Waals surface area contributed by atoms with Crippen LogP contribution in [-0.2, 0) is 11.2 Å². The fraction of sp³-hybridized carbons (Fsp3) is 0.290. The second kappa shape index (κ2) is 13.4. The van der Waals surface area contributed by atoms with Crippen LogP contribution in [0.15, 0.2) is 59.7 Å². The van der Waals surface area contributed by atoms with Crippen LogP contribution in [-0.4, -0.2) is 41.3 Å². The Morgan fingerprint density at radius 2 is 1.82 bits per heavy atom. The van der Waals surface area contributed by atoms with Gasteiger partial charge in [0.2, 0.25) is 5.95 Å². The van der Waals surface area contributed by atoms with Crippen LogP contribution in [0.5, 0.6) is 11.5 Å². The molecular weight excluding hydrogens is 504 g/mol. The Labute approximate surface area is 236 Å². The van der Waals surface area contributed by atoms with Crippen molar-refractivity contribution >= 4 is 30.0 Å². The van der Waals surface area contributed by atoms with Crippen molar-refractivity contribution in [2.75, 3.05) is 25.7 Å². The van der Waals surface area contributed by atoms with Gasteiger partial charge in [0.1, 0.15) is 5.82 Å². The summed E-state index contributed by atoms with van der Waals surface area (Å²) in [5.41, 5.74) is 18.1. The number of carbonyl (C=O) groups is 1. The number of amides is 1. The summed E-state index contributed by atoms with van der Waals surface area (Å²) in [4.78, 5) is 21.5. The molecule has 0 fully saturated rings. The zero-order valence-corrected chi connectivity index (χ0v) is 24.1. The number of methoxy groups -OCH3 is 2. The summed E-state index contributed by atoms with van der Waals surface area (Å²) in [6, 6.07) is 11.6. The standard InChI is InChI=1S/C27H30N6O3.C4H8/c1-5-22-20-9-7-6-8-19(20)15-30-33(22)24(34)11-10-18-12-17(14-23(35-3)25(18)36-4)13-21-16(2)31-27(29)32-26(21)28;1-4(2)3/h6-12,14-15,22H,5,13H2,1-4H3,(H4,28,29,31,32);1H2,2-3H3/b11-10+;. The first-order chi connectivity index (χ1) is 19.1. The molecule has 2 heterocycles. The van der Waals surface area contributed by atoms with E-state index in [0.29, 0.717) is 35.0 Å². The normalized spacial score (nSPS) is 13.8. The molecule has 1 unspecified atom stereocenters. The lowest BCUT2D eigenvalue weighted by molar-refractivity contribution is -0.128. The van der Waals surface area contributed by atoms with Crippen molar-refractivity contribution in [2.45, 2.75) is 46.6 Å². The molecule has 1 amide bonds. The third kappa shape index (κ3) is 7.05. The summed E-state index contributed by atoms with van der Waals surface area (Å²) in [6.07, 6.45) is 6.13. The molecule has 9 heteroatoms. The Kier molecular flexibility index (Phi) is 10.0. The number of carbonyl (C=O) groups excluding carboxylic acids is 1. The van der Waals surface area contributed by atoms with E-state index < -0.39 is 0 Å². The van der Waals surface area contributed by atoms with Crippen molar-refractivity contribution in [3.63, 3.8) is 0 Å². The lowest BCUT2D eigenvalue weighted by atomic mass is 9.97. The number of hydrogen-bond acceptors (Lipinski definition) is 8. The highest BCUT2D eigenvalue weighted by Gasteiger charge is 2.27.